The number of alkyl halides is 7. The molecule has 0 radical (unpaired) electrons. The molecule has 0 aliphatic rings. The van der Waals surface area contributed by atoms with Gasteiger partial charge in [-0.1, -0.05) is 13.8 Å². The van der Waals surface area contributed by atoms with Crippen molar-refractivity contribution in [2.75, 3.05) is 7.11 Å². The summed E-state index contributed by atoms with van der Waals surface area (Å²) in [4.78, 5) is 31.8. The number of hydrogen-bond donors (Lipinski definition) is 3. The number of carbonyl (C=O) groups is 3. The van der Waals surface area contributed by atoms with E-state index in [2.05, 4.69) is 4.74 Å². The third-order valence-electron chi connectivity index (χ3n) is 4.02. The minimum atomic E-state index is -5.25. The summed E-state index contributed by atoms with van der Waals surface area (Å²) in [5.41, 5.74) is 5.28. The smallest absolute Gasteiger partial charge is 0.471 e. The van der Waals surface area contributed by atoms with Gasteiger partial charge in [0.2, 0.25) is 11.8 Å². The molecule has 0 bridgehead atoms. The van der Waals surface area contributed by atoms with Gasteiger partial charge >= 0.3 is 24.0 Å². The molecule has 0 fully saturated rings. The molecule has 15 heteroatoms. The van der Waals surface area contributed by atoms with Crippen LogP contribution in [0.1, 0.15) is 52.4 Å². The Bertz CT molecular complexity index is 592. The molecule has 0 aromatic carbocycles. The number of methoxy groups -OCH3 is 1. The maximum Gasteiger partial charge on any atom is 0.471 e. The van der Waals surface area contributed by atoms with E-state index in [0.717, 1.165) is 12.2 Å². The van der Waals surface area contributed by atoms with Crippen molar-refractivity contribution in [3.63, 3.8) is 0 Å². The SMILES string of the molecule is CCC(F)(F)CC[C@H](N)C(=O)OC.CCC(F)(F)CC[C@H](NC(=O)C(F)(F)F)C(=O)O.Cl. The van der Waals surface area contributed by atoms with Crippen LogP contribution in [-0.2, 0) is 19.1 Å². The van der Waals surface area contributed by atoms with Crippen molar-refractivity contribution in [2.45, 2.75) is 82.5 Å². The Morgan fingerprint density at radius 3 is 1.66 bits per heavy atom. The first-order valence-corrected chi connectivity index (χ1v) is 9.12. The lowest BCUT2D eigenvalue weighted by Crippen LogP contribution is -2.47. The number of carboxylic acid groups (broad SMARTS) is 1. The summed E-state index contributed by atoms with van der Waals surface area (Å²) in [5.74, 6) is -10.8. The van der Waals surface area contributed by atoms with Crippen molar-refractivity contribution >= 4 is 30.3 Å². The lowest BCUT2D eigenvalue weighted by atomic mass is 10.1. The molecular weight excluding hydrogens is 481 g/mol. The third kappa shape index (κ3) is 15.9. The molecule has 2 atom stereocenters. The summed E-state index contributed by atoms with van der Waals surface area (Å²) in [6.45, 7) is 2.55. The molecule has 1 amide bonds. The fourth-order valence-electron chi connectivity index (χ4n) is 1.84. The number of halogens is 8. The van der Waals surface area contributed by atoms with E-state index in [1.165, 1.54) is 14.0 Å². The fraction of sp³-hybridized carbons (Fsp3) is 0.824. The summed E-state index contributed by atoms with van der Waals surface area (Å²) in [7, 11) is 1.18. The summed E-state index contributed by atoms with van der Waals surface area (Å²) >= 11 is 0. The normalized spacial score (nSPS) is 13.6. The second-order valence-electron chi connectivity index (χ2n) is 6.49. The summed E-state index contributed by atoms with van der Waals surface area (Å²) in [5, 5.41) is 9.69. The first kappa shape index (κ1) is 34.8. The predicted octanol–water partition coefficient (Wildman–Crippen LogP) is 3.68. The van der Waals surface area contributed by atoms with Gasteiger partial charge in [-0.05, 0) is 12.8 Å². The van der Waals surface area contributed by atoms with Crippen LogP contribution in [0.5, 0.6) is 0 Å². The van der Waals surface area contributed by atoms with E-state index in [0.29, 0.717) is 0 Å². The summed E-state index contributed by atoms with van der Waals surface area (Å²) < 4.78 is 90.9. The standard InChI is InChI=1S/C9H12F5NO3.C8H15F2NO2.ClH/c1-2-8(10,11)4-3-5(6(16)17)15-7(18)9(12,13)14;1-3-8(9,10)5-4-6(11)7(12)13-2;/h5H,2-4H2,1H3,(H,15,18)(H,16,17);6H,3-5,11H2,1-2H3;1H/t5-;6-;/m00./s1. The Kier molecular flexibility index (Phi) is 16.4. The topological polar surface area (TPSA) is 119 Å². The van der Waals surface area contributed by atoms with Gasteiger partial charge in [0.05, 0.1) is 7.11 Å². The molecule has 0 aromatic heterocycles. The molecule has 0 unspecified atom stereocenters. The van der Waals surface area contributed by atoms with Crippen LogP contribution >= 0.6 is 12.4 Å². The highest BCUT2D eigenvalue weighted by Gasteiger charge is 2.41. The lowest BCUT2D eigenvalue weighted by Gasteiger charge is -2.19. The Morgan fingerprint density at radius 2 is 1.34 bits per heavy atom. The number of nitrogens with two attached hydrogens (primary N) is 1. The van der Waals surface area contributed by atoms with Gasteiger partial charge in [-0.15, -0.1) is 12.4 Å². The molecule has 7 nitrogen and oxygen atoms in total. The van der Waals surface area contributed by atoms with Crippen LogP contribution < -0.4 is 11.1 Å². The number of esters is 1. The summed E-state index contributed by atoms with van der Waals surface area (Å²) in [6.07, 6.45) is -8.17. The Labute approximate surface area is 186 Å². The van der Waals surface area contributed by atoms with Crippen LogP contribution in [-0.4, -0.2) is 60.2 Å². The molecule has 0 aromatic rings. The fourth-order valence-corrected chi connectivity index (χ4v) is 1.84. The molecule has 0 aliphatic heterocycles. The van der Waals surface area contributed by atoms with Crippen molar-refractivity contribution in [3.05, 3.63) is 0 Å². The number of rotatable bonds is 11. The maximum atomic E-state index is 12.8. The maximum absolute atomic E-state index is 12.8. The van der Waals surface area contributed by atoms with Crippen molar-refractivity contribution in [3.8, 4) is 0 Å². The van der Waals surface area contributed by atoms with Gasteiger partial charge in [-0.2, -0.15) is 13.2 Å². The molecule has 0 saturated carbocycles. The minimum absolute atomic E-state index is 0. The summed E-state index contributed by atoms with van der Waals surface area (Å²) in [6, 6.07) is -2.93. The van der Waals surface area contributed by atoms with E-state index in [1.807, 2.05) is 0 Å². The molecule has 0 saturated heterocycles. The monoisotopic (exact) mass is 508 g/mol. The molecule has 0 heterocycles. The van der Waals surface area contributed by atoms with E-state index in [1.54, 1.807) is 0 Å². The number of amides is 1. The largest absolute Gasteiger partial charge is 0.480 e. The average molecular weight is 509 g/mol. The zero-order valence-electron chi connectivity index (χ0n) is 17.6. The van der Waals surface area contributed by atoms with Crippen LogP contribution in [0.2, 0.25) is 0 Å². The number of aliphatic carboxylic acids is 1. The first-order chi connectivity index (χ1) is 13.9. The number of carbonyl (C=O) groups excluding carboxylic acids is 2. The molecule has 0 aliphatic carbocycles. The van der Waals surface area contributed by atoms with Crippen LogP contribution in [0.15, 0.2) is 0 Å². The number of nitrogens with one attached hydrogen (secondary N) is 1. The Morgan fingerprint density at radius 1 is 0.938 bits per heavy atom. The minimum Gasteiger partial charge on any atom is -0.480 e. The first-order valence-electron chi connectivity index (χ1n) is 9.12. The zero-order valence-corrected chi connectivity index (χ0v) is 18.4. The van der Waals surface area contributed by atoms with Crippen molar-refractivity contribution in [1.29, 1.82) is 0 Å². The highest BCUT2D eigenvalue weighted by Crippen LogP contribution is 2.25. The second-order valence-corrected chi connectivity index (χ2v) is 6.49. The second kappa shape index (κ2) is 15.1. The van der Waals surface area contributed by atoms with Crippen LogP contribution in [0.3, 0.4) is 0 Å². The van der Waals surface area contributed by atoms with Crippen molar-refractivity contribution in [1.82, 2.24) is 5.32 Å². The van der Waals surface area contributed by atoms with Gasteiger partial charge in [-0.3, -0.25) is 9.59 Å². The van der Waals surface area contributed by atoms with E-state index in [4.69, 9.17) is 10.8 Å². The highest BCUT2D eigenvalue weighted by molar-refractivity contribution is 5.86. The van der Waals surface area contributed by atoms with Gasteiger partial charge in [0.25, 0.3) is 0 Å². The molecule has 192 valence electrons. The van der Waals surface area contributed by atoms with Crippen molar-refractivity contribution in [2.24, 2.45) is 5.73 Å². The van der Waals surface area contributed by atoms with E-state index < -0.39 is 67.2 Å². The predicted molar refractivity (Wildman–Crippen MR) is 102 cm³/mol. The van der Waals surface area contributed by atoms with E-state index >= 15 is 0 Å². The number of ether oxygens (including phenoxy) is 1. The lowest BCUT2D eigenvalue weighted by molar-refractivity contribution is -0.175. The number of hydrogen-bond acceptors (Lipinski definition) is 5. The highest BCUT2D eigenvalue weighted by atomic mass is 35.5. The Balaban J connectivity index is -0.000000535. The van der Waals surface area contributed by atoms with Crippen molar-refractivity contribution < 1.29 is 55.0 Å². The molecule has 0 rings (SSSR count). The van der Waals surface area contributed by atoms with Gasteiger partial charge in [-0.25, -0.2) is 22.4 Å². The van der Waals surface area contributed by atoms with Gasteiger partial charge in [0.1, 0.15) is 12.1 Å². The number of carboxylic acids is 1. The van der Waals surface area contributed by atoms with Gasteiger partial charge in [0.15, 0.2) is 0 Å². The molecule has 4 N–H and O–H groups in total. The zero-order chi connectivity index (χ0) is 25.0. The van der Waals surface area contributed by atoms with Crippen LogP contribution in [0.4, 0.5) is 30.7 Å². The molecular formula is C17H28ClF7N2O5. The van der Waals surface area contributed by atoms with Crippen LogP contribution in [0.25, 0.3) is 0 Å². The van der Waals surface area contributed by atoms with Crippen LogP contribution in [0, 0.1) is 0 Å². The van der Waals surface area contributed by atoms with Gasteiger partial charge in [0, 0.05) is 25.7 Å². The van der Waals surface area contributed by atoms with Gasteiger partial charge < -0.3 is 20.9 Å². The molecule has 0 spiro atoms. The molecule has 32 heavy (non-hydrogen) atoms. The average Bonchev–Trinajstić information content (AvgIpc) is 2.67. The Hall–Kier alpha value is -1.83. The third-order valence-corrected chi connectivity index (χ3v) is 4.02. The quantitative estimate of drug-likeness (QED) is 0.289. The van der Waals surface area contributed by atoms with E-state index in [9.17, 15) is 45.1 Å². The van der Waals surface area contributed by atoms with E-state index in [-0.39, 0.29) is 31.7 Å².